The third-order valence-electron chi connectivity index (χ3n) is 9.25. The zero-order valence-corrected chi connectivity index (χ0v) is 22.3. The molecule has 8 heteroatoms. The number of aliphatic carboxylic acids is 1. The summed E-state index contributed by atoms with van der Waals surface area (Å²) in [6.07, 6.45) is 7.96. The first-order chi connectivity index (χ1) is 17.8. The molecule has 5 rings (SSSR count). The molecule has 2 amide bonds. The molecule has 1 aromatic rings. The number of fused-ring (bicyclic) bond motifs is 1. The molecule has 1 aliphatic carbocycles. The van der Waals surface area contributed by atoms with Crippen LogP contribution in [0.5, 0.6) is 0 Å². The average molecular weight is 527 g/mol. The highest BCUT2D eigenvalue weighted by Crippen LogP contribution is 2.69. The second-order valence-corrected chi connectivity index (χ2v) is 12.8. The van der Waals surface area contributed by atoms with Crippen molar-refractivity contribution in [2.75, 3.05) is 13.2 Å². The molecule has 200 valence electrons. The van der Waals surface area contributed by atoms with Crippen molar-refractivity contribution >= 4 is 29.5 Å². The standard InChI is InChI=1S/C29H38N2O5S/c1-3-14-30(20-12-8-5-9-13-20)27(34)25-29-18(2)15-22(37-29)23(28(35)36)24(29)26(33)31(25)21(17-32)16-19-10-6-4-7-11-19/h3-4,6-7,10-11,18,20-25,32H,1,5,8-9,12-17H2,2H3,(H,35,36)/t18?,21-,22-,23+,24+,25?,29?/m1/s1. The van der Waals surface area contributed by atoms with E-state index in [-0.39, 0.29) is 35.6 Å². The van der Waals surface area contributed by atoms with Gasteiger partial charge in [0.2, 0.25) is 11.8 Å². The monoisotopic (exact) mass is 526 g/mol. The number of benzene rings is 1. The Morgan fingerprint density at radius 3 is 2.57 bits per heavy atom. The number of hydrogen-bond donors (Lipinski definition) is 2. The van der Waals surface area contributed by atoms with Gasteiger partial charge in [0.05, 0.1) is 29.2 Å². The Kier molecular flexibility index (Phi) is 7.42. The van der Waals surface area contributed by atoms with Gasteiger partial charge in [0.1, 0.15) is 6.04 Å². The van der Waals surface area contributed by atoms with Gasteiger partial charge < -0.3 is 20.0 Å². The van der Waals surface area contributed by atoms with Crippen LogP contribution in [0.1, 0.15) is 51.0 Å². The number of hydrogen-bond acceptors (Lipinski definition) is 5. The summed E-state index contributed by atoms with van der Waals surface area (Å²) in [5, 5.41) is 20.6. The van der Waals surface area contributed by atoms with Gasteiger partial charge in [-0.05, 0) is 37.2 Å². The molecule has 0 radical (unpaired) electrons. The van der Waals surface area contributed by atoms with E-state index in [1.165, 1.54) is 0 Å². The lowest BCUT2D eigenvalue weighted by molar-refractivity contribution is -0.150. The lowest BCUT2D eigenvalue weighted by Crippen LogP contribution is -2.61. The van der Waals surface area contributed by atoms with Crippen molar-refractivity contribution in [2.24, 2.45) is 17.8 Å². The van der Waals surface area contributed by atoms with E-state index in [2.05, 4.69) is 13.5 Å². The predicted molar refractivity (Wildman–Crippen MR) is 143 cm³/mol. The number of carbonyl (C=O) groups is 3. The molecule has 4 aliphatic rings. The summed E-state index contributed by atoms with van der Waals surface area (Å²) in [5.74, 6) is -2.92. The Balaban J connectivity index is 1.59. The van der Waals surface area contributed by atoms with Crippen LogP contribution in [0.25, 0.3) is 0 Å². The zero-order valence-electron chi connectivity index (χ0n) is 21.5. The van der Waals surface area contributed by atoms with Gasteiger partial charge in [-0.2, -0.15) is 0 Å². The largest absolute Gasteiger partial charge is 0.481 e. The average Bonchev–Trinajstić information content (AvgIpc) is 3.50. The van der Waals surface area contributed by atoms with Crippen molar-refractivity contribution in [3.8, 4) is 0 Å². The number of aliphatic hydroxyl groups is 1. The number of carboxylic acids is 1. The fraction of sp³-hybridized carbons (Fsp3) is 0.621. The van der Waals surface area contributed by atoms with Crippen molar-refractivity contribution in [3.63, 3.8) is 0 Å². The van der Waals surface area contributed by atoms with Crippen LogP contribution in [0.4, 0.5) is 0 Å². The zero-order chi connectivity index (χ0) is 26.3. The van der Waals surface area contributed by atoms with Gasteiger partial charge in [-0.25, -0.2) is 0 Å². The van der Waals surface area contributed by atoms with Gasteiger partial charge in [0.25, 0.3) is 0 Å². The van der Waals surface area contributed by atoms with Gasteiger partial charge in [0, 0.05) is 17.8 Å². The fourth-order valence-corrected chi connectivity index (χ4v) is 10.1. The van der Waals surface area contributed by atoms with Crippen molar-refractivity contribution in [3.05, 3.63) is 48.6 Å². The molecule has 3 aliphatic heterocycles. The summed E-state index contributed by atoms with van der Waals surface area (Å²) >= 11 is 1.56. The van der Waals surface area contributed by atoms with E-state index in [4.69, 9.17) is 0 Å². The van der Waals surface area contributed by atoms with Crippen LogP contribution in [0.15, 0.2) is 43.0 Å². The number of rotatable bonds is 9. The summed E-state index contributed by atoms with van der Waals surface area (Å²) in [6.45, 7) is 6.08. The van der Waals surface area contributed by atoms with Crippen molar-refractivity contribution < 1.29 is 24.6 Å². The van der Waals surface area contributed by atoms with E-state index < -0.39 is 34.6 Å². The molecule has 3 saturated heterocycles. The van der Waals surface area contributed by atoms with Crippen LogP contribution < -0.4 is 0 Å². The molecule has 7 nitrogen and oxygen atoms in total. The number of aliphatic hydroxyl groups excluding tert-OH is 1. The second-order valence-electron chi connectivity index (χ2n) is 11.2. The van der Waals surface area contributed by atoms with Crippen molar-refractivity contribution in [2.45, 2.75) is 80.0 Å². The van der Waals surface area contributed by atoms with Crippen LogP contribution in [0.3, 0.4) is 0 Å². The number of nitrogens with zero attached hydrogens (tertiary/aromatic N) is 2. The van der Waals surface area contributed by atoms with Gasteiger partial charge in [-0.1, -0.05) is 62.6 Å². The molecule has 1 spiro atoms. The maximum Gasteiger partial charge on any atom is 0.308 e. The first-order valence-corrected chi connectivity index (χ1v) is 14.5. The Morgan fingerprint density at radius 2 is 1.95 bits per heavy atom. The molecule has 3 heterocycles. The lowest BCUT2D eigenvalue weighted by atomic mass is 9.66. The Hall–Kier alpha value is -2.32. The van der Waals surface area contributed by atoms with Gasteiger partial charge >= 0.3 is 5.97 Å². The minimum atomic E-state index is -0.962. The highest BCUT2D eigenvalue weighted by molar-refractivity contribution is 8.02. The molecule has 2 bridgehead atoms. The first kappa shape index (κ1) is 26.3. The molecular weight excluding hydrogens is 488 g/mol. The molecule has 1 saturated carbocycles. The second kappa shape index (κ2) is 10.4. The Morgan fingerprint density at radius 1 is 1.24 bits per heavy atom. The minimum Gasteiger partial charge on any atom is -0.481 e. The third-order valence-corrected chi connectivity index (χ3v) is 11.3. The van der Waals surface area contributed by atoms with E-state index in [0.717, 1.165) is 37.7 Å². The minimum absolute atomic E-state index is 0.0130. The van der Waals surface area contributed by atoms with E-state index in [1.54, 1.807) is 22.7 Å². The van der Waals surface area contributed by atoms with E-state index in [0.29, 0.717) is 19.4 Å². The summed E-state index contributed by atoms with van der Waals surface area (Å²) in [6, 6.07) is 8.33. The van der Waals surface area contributed by atoms with E-state index >= 15 is 0 Å². The van der Waals surface area contributed by atoms with Gasteiger partial charge in [0.15, 0.2) is 0 Å². The number of likely N-dealkylation sites (tertiary alicyclic amines) is 1. The normalized spacial score (nSPS) is 33.8. The molecule has 0 aromatic heterocycles. The molecule has 2 N–H and O–H groups in total. The van der Waals surface area contributed by atoms with Crippen LogP contribution >= 0.6 is 11.8 Å². The van der Waals surface area contributed by atoms with E-state index in [1.807, 2.05) is 35.2 Å². The SMILES string of the molecule is C=CCN(C(=O)C1N([C@@H](CO)Cc2ccccc2)C(=O)[C@@H]2[C@@H](C(=O)O)[C@H]3CC(C)C12S3)C1CCCCC1. The fourth-order valence-electron chi connectivity index (χ4n) is 7.66. The highest BCUT2D eigenvalue weighted by atomic mass is 32.2. The number of amides is 2. The van der Waals surface area contributed by atoms with Crippen LogP contribution in [-0.2, 0) is 20.8 Å². The Bertz CT molecular complexity index is 1040. The predicted octanol–water partition coefficient (Wildman–Crippen LogP) is 3.36. The molecule has 7 atom stereocenters. The third kappa shape index (κ3) is 4.20. The molecule has 3 unspecified atom stereocenters. The number of carbonyl (C=O) groups excluding carboxylic acids is 2. The molecule has 37 heavy (non-hydrogen) atoms. The first-order valence-electron chi connectivity index (χ1n) is 13.6. The summed E-state index contributed by atoms with van der Waals surface area (Å²) in [7, 11) is 0. The van der Waals surface area contributed by atoms with Crippen LogP contribution in [0.2, 0.25) is 0 Å². The topological polar surface area (TPSA) is 98.2 Å². The van der Waals surface area contributed by atoms with Crippen molar-refractivity contribution in [1.82, 2.24) is 9.80 Å². The quantitative estimate of drug-likeness (QED) is 0.479. The summed E-state index contributed by atoms with van der Waals surface area (Å²) < 4.78 is -0.805. The van der Waals surface area contributed by atoms with Crippen molar-refractivity contribution in [1.29, 1.82) is 0 Å². The van der Waals surface area contributed by atoms with Gasteiger partial charge in [-0.3, -0.25) is 14.4 Å². The summed E-state index contributed by atoms with van der Waals surface area (Å²) in [4.78, 5) is 44.8. The summed E-state index contributed by atoms with van der Waals surface area (Å²) in [5.41, 5.74) is 0.963. The number of thioether (sulfide) groups is 1. The van der Waals surface area contributed by atoms with E-state index in [9.17, 15) is 24.6 Å². The van der Waals surface area contributed by atoms with Crippen LogP contribution in [0, 0.1) is 17.8 Å². The maximum atomic E-state index is 14.7. The smallest absolute Gasteiger partial charge is 0.308 e. The lowest BCUT2D eigenvalue weighted by Gasteiger charge is -2.44. The Labute approximate surface area is 223 Å². The molecule has 1 aromatic carbocycles. The maximum absolute atomic E-state index is 14.7. The molecule has 4 fully saturated rings. The van der Waals surface area contributed by atoms with Gasteiger partial charge in [-0.15, -0.1) is 18.3 Å². The highest BCUT2D eigenvalue weighted by Gasteiger charge is 2.77. The molecular formula is C29H38N2O5S. The number of carboxylic acid groups (broad SMARTS) is 1. The van der Waals surface area contributed by atoms with Crippen LogP contribution in [-0.4, -0.2) is 79.1 Å².